The lowest BCUT2D eigenvalue weighted by Gasteiger charge is -2.24. The van der Waals surface area contributed by atoms with Crippen molar-refractivity contribution >= 4 is 17.6 Å². The highest BCUT2D eigenvalue weighted by molar-refractivity contribution is 6.30. The van der Waals surface area contributed by atoms with E-state index in [0.717, 1.165) is 5.02 Å². The number of benzene rings is 1. The Labute approximate surface area is 137 Å². The number of ether oxygens (including phenoxy) is 1. The van der Waals surface area contributed by atoms with Gasteiger partial charge in [0.05, 0.1) is 6.61 Å². The van der Waals surface area contributed by atoms with E-state index in [9.17, 15) is 4.79 Å². The van der Waals surface area contributed by atoms with Crippen molar-refractivity contribution in [1.82, 2.24) is 10.6 Å². The van der Waals surface area contributed by atoms with Gasteiger partial charge in [0.25, 0.3) is 0 Å². The molecule has 2 N–H and O–H groups in total. The highest BCUT2D eigenvalue weighted by atomic mass is 35.5. The van der Waals surface area contributed by atoms with E-state index in [2.05, 4.69) is 22.8 Å². The van der Waals surface area contributed by atoms with Crippen molar-refractivity contribution in [3.63, 3.8) is 0 Å². The van der Waals surface area contributed by atoms with Crippen LogP contribution in [0.25, 0.3) is 0 Å². The van der Waals surface area contributed by atoms with Crippen LogP contribution in [0.4, 0.5) is 4.79 Å². The molecule has 2 amide bonds. The molecule has 1 aliphatic carbocycles. The van der Waals surface area contributed by atoms with E-state index in [4.69, 9.17) is 16.3 Å². The van der Waals surface area contributed by atoms with Crippen molar-refractivity contribution in [2.24, 2.45) is 5.92 Å². The summed E-state index contributed by atoms with van der Waals surface area (Å²) in [5.41, 5.74) is 1.26. The van der Waals surface area contributed by atoms with Gasteiger partial charge in [0.15, 0.2) is 0 Å². The molecule has 22 heavy (non-hydrogen) atoms. The average Bonchev–Trinajstić information content (AvgIpc) is 3.04. The third-order valence-corrected chi connectivity index (χ3v) is 4.59. The zero-order valence-corrected chi connectivity index (χ0v) is 13.9. The van der Waals surface area contributed by atoms with Crippen molar-refractivity contribution in [2.45, 2.75) is 31.6 Å². The van der Waals surface area contributed by atoms with Crippen LogP contribution < -0.4 is 10.6 Å². The molecule has 0 aromatic heterocycles. The predicted molar refractivity (Wildman–Crippen MR) is 89.4 cm³/mol. The summed E-state index contributed by atoms with van der Waals surface area (Å²) < 4.78 is 4.92. The Morgan fingerprint density at radius 2 is 1.95 bits per heavy atom. The van der Waals surface area contributed by atoms with Gasteiger partial charge in [-0.3, -0.25) is 0 Å². The average molecular weight is 325 g/mol. The molecule has 1 unspecified atom stereocenters. The summed E-state index contributed by atoms with van der Waals surface area (Å²) in [6, 6.07) is 7.88. The number of amides is 2. The summed E-state index contributed by atoms with van der Waals surface area (Å²) in [7, 11) is 1.62. The van der Waals surface area contributed by atoms with Gasteiger partial charge in [0.1, 0.15) is 0 Å². The number of rotatable bonds is 7. The van der Waals surface area contributed by atoms with Gasteiger partial charge >= 0.3 is 6.03 Å². The van der Waals surface area contributed by atoms with Gasteiger partial charge in [-0.25, -0.2) is 4.79 Å². The number of methoxy groups -OCH3 is 1. The summed E-state index contributed by atoms with van der Waals surface area (Å²) in [6.07, 6.45) is 5.05. The predicted octanol–water partition coefficient (Wildman–Crippen LogP) is 3.56. The van der Waals surface area contributed by atoms with Crippen molar-refractivity contribution in [1.29, 1.82) is 0 Å². The molecular formula is C17H25ClN2O2. The van der Waals surface area contributed by atoms with Crippen LogP contribution in [0.5, 0.6) is 0 Å². The van der Waals surface area contributed by atoms with Gasteiger partial charge in [-0.05, 0) is 36.5 Å². The zero-order chi connectivity index (χ0) is 15.8. The van der Waals surface area contributed by atoms with Gasteiger partial charge in [0.2, 0.25) is 0 Å². The van der Waals surface area contributed by atoms with Gasteiger partial charge < -0.3 is 15.4 Å². The second-order valence-corrected chi connectivity index (χ2v) is 6.27. The van der Waals surface area contributed by atoms with Crippen LogP contribution >= 0.6 is 11.6 Å². The summed E-state index contributed by atoms with van der Waals surface area (Å²) in [6.45, 7) is 1.71. The first-order valence-corrected chi connectivity index (χ1v) is 8.34. The molecule has 0 bridgehead atoms. The maximum absolute atomic E-state index is 11.8. The molecule has 122 valence electrons. The first kappa shape index (κ1) is 17.1. The maximum atomic E-state index is 11.8. The Morgan fingerprint density at radius 1 is 1.27 bits per heavy atom. The maximum Gasteiger partial charge on any atom is 0.314 e. The molecular weight excluding hydrogens is 300 g/mol. The molecule has 1 fully saturated rings. The Balaban J connectivity index is 1.93. The first-order chi connectivity index (χ1) is 10.7. The molecule has 0 radical (unpaired) electrons. The number of carbonyl (C=O) groups excluding carboxylic acids is 1. The second kappa shape index (κ2) is 9.01. The molecule has 1 aromatic carbocycles. The first-order valence-electron chi connectivity index (χ1n) is 7.97. The molecule has 0 heterocycles. The standard InChI is InChI=1S/C17H25ClN2O2/c1-22-11-10-19-17(21)20-12-16(13-4-2-3-5-13)14-6-8-15(18)9-7-14/h6-9,13,16H,2-5,10-12H2,1H3,(H2,19,20,21). The van der Waals surface area contributed by atoms with Crippen LogP contribution in [0, 0.1) is 5.92 Å². The number of hydrogen-bond donors (Lipinski definition) is 2. The minimum Gasteiger partial charge on any atom is -0.383 e. The molecule has 2 rings (SSSR count). The van der Waals surface area contributed by atoms with Gasteiger partial charge in [-0.15, -0.1) is 0 Å². The molecule has 0 spiro atoms. The molecule has 0 saturated heterocycles. The Morgan fingerprint density at radius 3 is 2.59 bits per heavy atom. The highest BCUT2D eigenvalue weighted by Crippen LogP contribution is 2.37. The number of halogens is 1. The third kappa shape index (κ3) is 5.18. The molecule has 1 aromatic rings. The molecule has 5 heteroatoms. The third-order valence-electron chi connectivity index (χ3n) is 4.34. The molecule has 4 nitrogen and oxygen atoms in total. The molecule has 0 aliphatic heterocycles. The summed E-state index contributed by atoms with van der Waals surface area (Å²) in [4.78, 5) is 11.8. The van der Waals surface area contributed by atoms with Crippen LogP contribution in [-0.2, 0) is 4.74 Å². The number of urea groups is 1. The van der Waals surface area contributed by atoms with Gasteiger partial charge in [-0.1, -0.05) is 36.6 Å². The van der Waals surface area contributed by atoms with E-state index in [1.165, 1.54) is 31.2 Å². The van der Waals surface area contributed by atoms with E-state index in [-0.39, 0.29) is 6.03 Å². The van der Waals surface area contributed by atoms with E-state index in [0.29, 0.717) is 31.5 Å². The fourth-order valence-corrected chi connectivity index (χ4v) is 3.28. The van der Waals surface area contributed by atoms with Crippen molar-refractivity contribution in [2.75, 3.05) is 26.8 Å². The monoisotopic (exact) mass is 324 g/mol. The van der Waals surface area contributed by atoms with E-state index < -0.39 is 0 Å². The van der Waals surface area contributed by atoms with Gasteiger partial charge in [0, 0.05) is 31.1 Å². The number of hydrogen-bond acceptors (Lipinski definition) is 2. The molecule has 1 aliphatic rings. The van der Waals surface area contributed by atoms with Crippen LogP contribution in [0.2, 0.25) is 5.02 Å². The van der Waals surface area contributed by atoms with Crippen LogP contribution in [-0.4, -0.2) is 32.8 Å². The topological polar surface area (TPSA) is 50.4 Å². The van der Waals surface area contributed by atoms with Crippen LogP contribution in [0.1, 0.15) is 37.2 Å². The largest absolute Gasteiger partial charge is 0.383 e. The number of carbonyl (C=O) groups is 1. The summed E-state index contributed by atoms with van der Waals surface area (Å²) in [5, 5.41) is 6.54. The number of nitrogens with one attached hydrogen (secondary N) is 2. The van der Waals surface area contributed by atoms with Crippen molar-refractivity contribution < 1.29 is 9.53 Å². The smallest absolute Gasteiger partial charge is 0.314 e. The lowest BCUT2D eigenvalue weighted by molar-refractivity contribution is 0.195. The summed E-state index contributed by atoms with van der Waals surface area (Å²) in [5.74, 6) is 0.994. The minimum absolute atomic E-state index is 0.131. The van der Waals surface area contributed by atoms with Gasteiger partial charge in [-0.2, -0.15) is 0 Å². The Bertz CT molecular complexity index is 458. The van der Waals surface area contributed by atoms with E-state index in [1.807, 2.05) is 12.1 Å². The molecule has 1 saturated carbocycles. The van der Waals surface area contributed by atoms with E-state index >= 15 is 0 Å². The zero-order valence-electron chi connectivity index (χ0n) is 13.1. The Hall–Kier alpha value is -1.26. The lowest BCUT2D eigenvalue weighted by atomic mass is 9.85. The van der Waals surface area contributed by atoms with Crippen LogP contribution in [0.15, 0.2) is 24.3 Å². The Kier molecular flexibility index (Phi) is 7.00. The van der Waals surface area contributed by atoms with Crippen molar-refractivity contribution in [3.8, 4) is 0 Å². The second-order valence-electron chi connectivity index (χ2n) is 5.83. The van der Waals surface area contributed by atoms with Crippen molar-refractivity contribution in [3.05, 3.63) is 34.9 Å². The molecule has 1 atom stereocenters. The van der Waals surface area contributed by atoms with Crippen LogP contribution in [0.3, 0.4) is 0 Å². The highest BCUT2D eigenvalue weighted by Gasteiger charge is 2.26. The fourth-order valence-electron chi connectivity index (χ4n) is 3.16. The minimum atomic E-state index is -0.131. The normalized spacial score (nSPS) is 16.5. The van der Waals surface area contributed by atoms with E-state index in [1.54, 1.807) is 7.11 Å². The fraction of sp³-hybridized carbons (Fsp3) is 0.588. The SMILES string of the molecule is COCCNC(=O)NCC(c1ccc(Cl)cc1)C1CCCC1. The lowest BCUT2D eigenvalue weighted by Crippen LogP contribution is -2.40. The summed E-state index contributed by atoms with van der Waals surface area (Å²) >= 11 is 5.98. The quantitative estimate of drug-likeness (QED) is 0.753.